The van der Waals surface area contributed by atoms with Gasteiger partial charge in [0.15, 0.2) is 5.76 Å². The van der Waals surface area contributed by atoms with Gasteiger partial charge in [-0.25, -0.2) is 0 Å². The first-order chi connectivity index (χ1) is 8.20. The Labute approximate surface area is 103 Å². The Morgan fingerprint density at radius 3 is 3.00 bits per heavy atom. The molecular weight excluding hydrogens is 214 g/mol. The van der Waals surface area contributed by atoms with Gasteiger partial charge >= 0.3 is 0 Å². The maximum Gasteiger partial charge on any atom is 0.151 e. The molecule has 4 nitrogen and oxygen atoms in total. The van der Waals surface area contributed by atoms with Crippen molar-refractivity contribution in [1.82, 2.24) is 15.4 Å². The van der Waals surface area contributed by atoms with E-state index < -0.39 is 0 Å². The van der Waals surface area contributed by atoms with Crippen LogP contribution in [-0.4, -0.2) is 29.7 Å². The molecule has 0 radical (unpaired) electrons. The van der Waals surface area contributed by atoms with E-state index in [2.05, 4.69) is 42.3 Å². The van der Waals surface area contributed by atoms with Crippen LogP contribution in [0.2, 0.25) is 0 Å². The zero-order chi connectivity index (χ0) is 12.3. The van der Waals surface area contributed by atoms with E-state index in [4.69, 9.17) is 4.52 Å². The van der Waals surface area contributed by atoms with Crippen molar-refractivity contribution in [3.8, 4) is 0 Å². The highest BCUT2D eigenvalue weighted by molar-refractivity contribution is 5.05. The standard InChI is InChI=1S/C13H23N3O/c1-4-14-8-12-7-13(17-15-12)9-16(3)10(2)11-5-6-11/h7,10-11,14H,4-6,8-9H2,1-3H3. The van der Waals surface area contributed by atoms with Crippen molar-refractivity contribution in [2.24, 2.45) is 5.92 Å². The van der Waals surface area contributed by atoms with Gasteiger partial charge in [-0.1, -0.05) is 12.1 Å². The maximum atomic E-state index is 5.35. The number of aromatic nitrogens is 1. The van der Waals surface area contributed by atoms with Crippen molar-refractivity contribution in [2.45, 2.75) is 45.8 Å². The lowest BCUT2D eigenvalue weighted by molar-refractivity contribution is 0.201. The summed E-state index contributed by atoms with van der Waals surface area (Å²) < 4.78 is 5.35. The molecule has 0 aliphatic heterocycles. The third kappa shape index (κ3) is 3.54. The smallest absolute Gasteiger partial charge is 0.151 e. The molecule has 0 spiro atoms. The SMILES string of the molecule is CCNCc1cc(CN(C)C(C)C2CC2)on1. The molecule has 1 aliphatic carbocycles. The highest BCUT2D eigenvalue weighted by atomic mass is 16.5. The van der Waals surface area contributed by atoms with Gasteiger partial charge in [0.05, 0.1) is 12.2 Å². The van der Waals surface area contributed by atoms with Crippen LogP contribution in [0.4, 0.5) is 0 Å². The lowest BCUT2D eigenvalue weighted by Gasteiger charge is -2.22. The molecule has 0 saturated heterocycles. The van der Waals surface area contributed by atoms with Gasteiger partial charge in [-0.15, -0.1) is 0 Å². The van der Waals surface area contributed by atoms with E-state index in [0.29, 0.717) is 6.04 Å². The second kappa shape index (κ2) is 5.65. The van der Waals surface area contributed by atoms with Gasteiger partial charge in [-0.3, -0.25) is 4.90 Å². The van der Waals surface area contributed by atoms with E-state index >= 15 is 0 Å². The van der Waals surface area contributed by atoms with E-state index in [1.165, 1.54) is 12.8 Å². The zero-order valence-electron chi connectivity index (χ0n) is 11.1. The van der Waals surface area contributed by atoms with Crippen LogP contribution >= 0.6 is 0 Å². The average Bonchev–Trinajstić information content (AvgIpc) is 3.08. The normalized spacial score (nSPS) is 17.6. The summed E-state index contributed by atoms with van der Waals surface area (Å²) in [5.74, 6) is 1.86. The third-order valence-electron chi connectivity index (χ3n) is 3.57. The molecule has 1 atom stereocenters. The molecule has 0 aromatic carbocycles. The highest BCUT2D eigenvalue weighted by Crippen LogP contribution is 2.35. The summed E-state index contributed by atoms with van der Waals surface area (Å²) >= 11 is 0. The molecule has 1 N–H and O–H groups in total. The molecule has 1 saturated carbocycles. The van der Waals surface area contributed by atoms with E-state index in [1.54, 1.807) is 0 Å². The predicted octanol–water partition coefficient (Wildman–Crippen LogP) is 2.01. The zero-order valence-corrected chi connectivity index (χ0v) is 11.1. The van der Waals surface area contributed by atoms with Crippen LogP contribution in [0.25, 0.3) is 0 Å². The van der Waals surface area contributed by atoms with Gasteiger partial charge in [0, 0.05) is 18.7 Å². The van der Waals surface area contributed by atoms with Crippen LogP contribution in [0.1, 0.15) is 38.1 Å². The summed E-state index contributed by atoms with van der Waals surface area (Å²) in [7, 11) is 2.16. The van der Waals surface area contributed by atoms with E-state index in [0.717, 1.165) is 37.0 Å². The number of hydrogen-bond donors (Lipinski definition) is 1. The van der Waals surface area contributed by atoms with E-state index in [1.807, 2.05) is 0 Å². The second-order valence-corrected chi connectivity index (χ2v) is 5.06. The molecule has 96 valence electrons. The summed E-state index contributed by atoms with van der Waals surface area (Å²) in [5, 5.41) is 7.31. The Hall–Kier alpha value is -0.870. The number of rotatable bonds is 7. The van der Waals surface area contributed by atoms with Crippen LogP contribution in [-0.2, 0) is 13.1 Å². The summed E-state index contributed by atoms with van der Waals surface area (Å²) in [5.41, 5.74) is 0.995. The van der Waals surface area contributed by atoms with Crippen molar-refractivity contribution in [3.05, 3.63) is 17.5 Å². The fraction of sp³-hybridized carbons (Fsp3) is 0.769. The first-order valence-electron chi connectivity index (χ1n) is 6.56. The third-order valence-corrected chi connectivity index (χ3v) is 3.57. The molecule has 4 heteroatoms. The average molecular weight is 237 g/mol. The van der Waals surface area contributed by atoms with Crippen molar-refractivity contribution in [3.63, 3.8) is 0 Å². The summed E-state index contributed by atoms with van der Waals surface area (Å²) in [6, 6.07) is 2.70. The minimum atomic E-state index is 0.650. The number of nitrogens with zero attached hydrogens (tertiary/aromatic N) is 2. The first-order valence-corrected chi connectivity index (χ1v) is 6.56. The van der Waals surface area contributed by atoms with E-state index in [9.17, 15) is 0 Å². The van der Waals surface area contributed by atoms with Crippen LogP contribution in [0.5, 0.6) is 0 Å². The fourth-order valence-electron chi connectivity index (χ4n) is 2.09. The molecule has 1 fully saturated rings. The van der Waals surface area contributed by atoms with Gasteiger partial charge in [-0.2, -0.15) is 0 Å². The largest absolute Gasteiger partial charge is 0.360 e. The predicted molar refractivity (Wildman–Crippen MR) is 67.5 cm³/mol. The first kappa shape index (κ1) is 12.6. The lowest BCUT2D eigenvalue weighted by atomic mass is 10.2. The van der Waals surface area contributed by atoms with Gasteiger partial charge in [0.2, 0.25) is 0 Å². The molecule has 2 rings (SSSR count). The molecule has 1 aliphatic rings. The summed E-state index contributed by atoms with van der Waals surface area (Å²) in [4.78, 5) is 2.36. The second-order valence-electron chi connectivity index (χ2n) is 5.06. The molecule has 0 amide bonds. The fourth-order valence-corrected chi connectivity index (χ4v) is 2.09. The number of nitrogens with one attached hydrogen (secondary N) is 1. The van der Waals surface area contributed by atoms with Crippen molar-refractivity contribution in [1.29, 1.82) is 0 Å². The van der Waals surface area contributed by atoms with Gasteiger partial charge in [0.1, 0.15) is 0 Å². The molecule has 1 aromatic rings. The summed E-state index contributed by atoms with van der Waals surface area (Å²) in [6.07, 6.45) is 2.77. The Morgan fingerprint density at radius 1 is 1.59 bits per heavy atom. The minimum absolute atomic E-state index is 0.650. The Balaban J connectivity index is 1.82. The van der Waals surface area contributed by atoms with Crippen LogP contribution < -0.4 is 5.32 Å². The van der Waals surface area contributed by atoms with E-state index in [-0.39, 0.29) is 0 Å². The molecule has 1 unspecified atom stereocenters. The van der Waals surface area contributed by atoms with Gasteiger partial charge < -0.3 is 9.84 Å². The maximum absolute atomic E-state index is 5.35. The molecule has 0 bridgehead atoms. The lowest BCUT2D eigenvalue weighted by Crippen LogP contribution is -2.30. The van der Waals surface area contributed by atoms with Crippen molar-refractivity contribution >= 4 is 0 Å². The van der Waals surface area contributed by atoms with Crippen LogP contribution in [0.15, 0.2) is 10.6 Å². The Kier molecular flexibility index (Phi) is 4.18. The monoisotopic (exact) mass is 237 g/mol. The summed E-state index contributed by atoms with van der Waals surface area (Å²) in [6.45, 7) is 7.00. The van der Waals surface area contributed by atoms with Crippen LogP contribution in [0.3, 0.4) is 0 Å². The topological polar surface area (TPSA) is 41.3 Å². The minimum Gasteiger partial charge on any atom is -0.360 e. The van der Waals surface area contributed by atoms with Gasteiger partial charge in [0.25, 0.3) is 0 Å². The van der Waals surface area contributed by atoms with Gasteiger partial charge in [-0.05, 0) is 39.3 Å². The molecule has 1 aromatic heterocycles. The molecule has 17 heavy (non-hydrogen) atoms. The highest BCUT2D eigenvalue weighted by Gasteiger charge is 2.30. The molecular formula is C13H23N3O. The Bertz CT molecular complexity index is 346. The molecule has 1 heterocycles. The quantitative estimate of drug-likeness (QED) is 0.787. The van der Waals surface area contributed by atoms with Crippen molar-refractivity contribution in [2.75, 3.05) is 13.6 Å². The number of hydrogen-bond acceptors (Lipinski definition) is 4. The van der Waals surface area contributed by atoms with Crippen LogP contribution in [0, 0.1) is 5.92 Å². The van der Waals surface area contributed by atoms with Crippen molar-refractivity contribution < 1.29 is 4.52 Å². The Morgan fingerprint density at radius 2 is 2.35 bits per heavy atom.